The average molecular weight is 339 g/mol. The Labute approximate surface area is 142 Å². The van der Waals surface area contributed by atoms with Crippen LogP contribution in [0.25, 0.3) is 33.3 Å². The second-order valence-electron chi connectivity index (χ2n) is 5.53. The highest BCUT2D eigenvalue weighted by Crippen LogP contribution is 2.31. The van der Waals surface area contributed by atoms with Gasteiger partial charge in [0.2, 0.25) is 0 Å². The molecule has 0 radical (unpaired) electrons. The fraction of sp³-hybridized carbons (Fsp3) is 0.250. The van der Waals surface area contributed by atoms with E-state index >= 15 is 0 Å². The van der Waals surface area contributed by atoms with Crippen LogP contribution in [-0.2, 0) is 16.0 Å². The molecule has 3 N–H and O–H groups in total. The first kappa shape index (κ1) is 15.5. The van der Waals surface area contributed by atoms with Gasteiger partial charge in [-0.25, -0.2) is 19.6 Å². The van der Waals surface area contributed by atoms with Crippen LogP contribution < -0.4 is 5.73 Å². The number of hydrogen-bond acceptors (Lipinski definition) is 7. The standard InChI is InChI=1S/C16H17N7O2/c1-24-11(25-2)7-23-16-12(14(17)20-8-21-16)13(22-23)10-5-9-3-4-18-15(9)19-6-10/h3-6,8,11H,7H2,1-2H3,(H,18,19)(H2,17,20,21). The van der Waals surface area contributed by atoms with E-state index in [1.54, 1.807) is 25.1 Å². The molecule has 0 saturated heterocycles. The molecule has 4 rings (SSSR count). The van der Waals surface area contributed by atoms with Crippen LogP contribution in [0.4, 0.5) is 5.82 Å². The van der Waals surface area contributed by atoms with Crippen molar-refractivity contribution in [1.82, 2.24) is 29.7 Å². The van der Waals surface area contributed by atoms with Crippen LogP contribution in [0.1, 0.15) is 0 Å². The number of fused-ring (bicyclic) bond motifs is 2. The summed E-state index contributed by atoms with van der Waals surface area (Å²) in [5.41, 5.74) is 9.05. The molecule has 128 valence electrons. The van der Waals surface area contributed by atoms with Crippen LogP contribution in [0.3, 0.4) is 0 Å². The predicted molar refractivity (Wildman–Crippen MR) is 92.6 cm³/mol. The largest absolute Gasteiger partial charge is 0.383 e. The zero-order valence-electron chi connectivity index (χ0n) is 13.8. The van der Waals surface area contributed by atoms with Crippen LogP contribution >= 0.6 is 0 Å². The molecule has 0 unspecified atom stereocenters. The molecule has 0 aliphatic carbocycles. The second-order valence-corrected chi connectivity index (χ2v) is 5.53. The zero-order valence-corrected chi connectivity index (χ0v) is 13.8. The van der Waals surface area contributed by atoms with Crippen molar-refractivity contribution in [2.75, 3.05) is 20.0 Å². The molecule has 0 fully saturated rings. The normalized spacial score (nSPS) is 11.8. The van der Waals surface area contributed by atoms with Crippen molar-refractivity contribution < 1.29 is 9.47 Å². The summed E-state index contributed by atoms with van der Waals surface area (Å²) < 4.78 is 12.3. The number of nitrogens with one attached hydrogen (secondary N) is 1. The Morgan fingerprint density at radius 2 is 2.08 bits per heavy atom. The van der Waals surface area contributed by atoms with Crippen molar-refractivity contribution in [3.05, 3.63) is 30.9 Å². The predicted octanol–water partition coefficient (Wildman–Crippen LogP) is 1.57. The van der Waals surface area contributed by atoms with Gasteiger partial charge >= 0.3 is 0 Å². The summed E-state index contributed by atoms with van der Waals surface area (Å²) in [6.07, 6.45) is 4.57. The molecule has 4 heterocycles. The van der Waals surface area contributed by atoms with Crippen LogP contribution in [0.15, 0.2) is 30.9 Å². The van der Waals surface area contributed by atoms with Gasteiger partial charge in [-0.3, -0.25) is 0 Å². The maximum absolute atomic E-state index is 6.10. The molecule has 0 atom stereocenters. The van der Waals surface area contributed by atoms with Crippen molar-refractivity contribution in [2.45, 2.75) is 12.8 Å². The third kappa shape index (κ3) is 2.59. The summed E-state index contributed by atoms with van der Waals surface area (Å²) in [4.78, 5) is 15.9. The fourth-order valence-corrected chi connectivity index (χ4v) is 2.82. The lowest BCUT2D eigenvalue weighted by Crippen LogP contribution is -2.21. The number of pyridine rings is 1. The van der Waals surface area contributed by atoms with Gasteiger partial charge in [-0.15, -0.1) is 0 Å². The number of hydrogen-bond donors (Lipinski definition) is 2. The zero-order chi connectivity index (χ0) is 17.4. The number of H-pyrrole nitrogens is 1. The first-order chi connectivity index (χ1) is 12.2. The third-order valence-corrected chi connectivity index (χ3v) is 4.08. The van der Waals surface area contributed by atoms with E-state index in [2.05, 4.69) is 25.0 Å². The van der Waals surface area contributed by atoms with Crippen molar-refractivity contribution in [3.63, 3.8) is 0 Å². The summed E-state index contributed by atoms with van der Waals surface area (Å²) >= 11 is 0. The molecular formula is C16H17N7O2. The van der Waals surface area contributed by atoms with E-state index in [0.717, 1.165) is 16.6 Å². The minimum atomic E-state index is -0.447. The molecule has 0 spiro atoms. The number of aromatic nitrogens is 6. The van der Waals surface area contributed by atoms with Gasteiger partial charge in [0.25, 0.3) is 0 Å². The highest BCUT2D eigenvalue weighted by atomic mass is 16.7. The van der Waals surface area contributed by atoms with Gasteiger partial charge in [0.15, 0.2) is 11.9 Å². The number of aromatic amines is 1. The summed E-state index contributed by atoms with van der Waals surface area (Å²) in [6.45, 7) is 0.375. The van der Waals surface area contributed by atoms with Gasteiger partial charge < -0.3 is 20.2 Å². The van der Waals surface area contributed by atoms with E-state index in [9.17, 15) is 0 Å². The van der Waals surface area contributed by atoms with Gasteiger partial charge in [0.05, 0.1) is 11.9 Å². The van der Waals surface area contributed by atoms with Gasteiger partial charge in [-0.05, 0) is 12.1 Å². The van der Waals surface area contributed by atoms with Gasteiger partial charge in [0.1, 0.15) is 23.5 Å². The topological polar surface area (TPSA) is 117 Å². The summed E-state index contributed by atoms with van der Waals surface area (Å²) in [6, 6.07) is 3.96. The van der Waals surface area contributed by atoms with E-state index < -0.39 is 6.29 Å². The van der Waals surface area contributed by atoms with Crippen molar-refractivity contribution in [2.24, 2.45) is 0 Å². The minimum Gasteiger partial charge on any atom is -0.383 e. The number of nitrogens with two attached hydrogens (primary N) is 1. The Hall–Kier alpha value is -3.04. The molecule has 0 bridgehead atoms. The lowest BCUT2D eigenvalue weighted by atomic mass is 10.1. The van der Waals surface area contributed by atoms with Gasteiger partial charge in [-0.1, -0.05) is 0 Å². The Morgan fingerprint density at radius 3 is 2.88 bits per heavy atom. The second kappa shape index (κ2) is 6.11. The summed E-state index contributed by atoms with van der Waals surface area (Å²) in [7, 11) is 3.15. The summed E-state index contributed by atoms with van der Waals surface area (Å²) in [5.74, 6) is 0.367. The molecule has 0 amide bonds. The van der Waals surface area contributed by atoms with Crippen molar-refractivity contribution >= 4 is 27.9 Å². The third-order valence-electron chi connectivity index (χ3n) is 4.08. The van der Waals surface area contributed by atoms with Crippen molar-refractivity contribution in [1.29, 1.82) is 0 Å². The number of anilines is 1. The molecule has 4 aromatic rings. The Kier molecular flexibility index (Phi) is 3.79. The monoisotopic (exact) mass is 339 g/mol. The molecule has 4 aromatic heterocycles. The van der Waals surface area contributed by atoms with Crippen LogP contribution in [0, 0.1) is 0 Å². The number of nitrogens with zero attached hydrogens (tertiary/aromatic N) is 5. The molecular weight excluding hydrogens is 322 g/mol. The van der Waals surface area contributed by atoms with E-state index in [0.29, 0.717) is 29.1 Å². The maximum atomic E-state index is 6.10. The Balaban J connectivity index is 1.90. The first-order valence-electron chi connectivity index (χ1n) is 7.67. The Bertz CT molecular complexity index is 1040. The molecule has 0 aromatic carbocycles. The van der Waals surface area contributed by atoms with Crippen LogP contribution in [-0.4, -0.2) is 50.2 Å². The first-order valence-corrected chi connectivity index (χ1v) is 7.67. The quantitative estimate of drug-likeness (QED) is 0.530. The van der Waals surface area contributed by atoms with Gasteiger partial charge in [-0.2, -0.15) is 5.10 Å². The highest BCUT2D eigenvalue weighted by molar-refractivity contribution is 5.99. The number of ether oxygens (including phenoxy) is 2. The van der Waals surface area contributed by atoms with Crippen molar-refractivity contribution in [3.8, 4) is 11.3 Å². The maximum Gasteiger partial charge on any atom is 0.176 e. The smallest absolute Gasteiger partial charge is 0.176 e. The molecule has 0 saturated carbocycles. The number of nitrogen functional groups attached to an aromatic ring is 1. The fourth-order valence-electron chi connectivity index (χ4n) is 2.82. The minimum absolute atomic E-state index is 0.367. The van der Waals surface area contributed by atoms with E-state index in [1.165, 1.54) is 6.33 Å². The van der Waals surface area contributed by atoms with E-state index in [1.807, 2.05) is 18.3 Å². The molecule has 9 nitrogen and oxygen atoms in total. The van der Waals surface area contributed by atoms with E-state index in [-0.39, 0.29) is 0 Å². The summed E-state index contributed by atoms with van der Waals surface area (Å²) in [5, 5.41) is 6.34. The molecule has 0 aliphatic heterocycles. The number of methoxy groups -OCH3 is 2. The van der Waals surface area contributed by atoms with Gasteiger partial charge in [0, 0.05) is 37.6 Å². The SMILES string of the molecule is COC(Cn1nc(-c2cnc3[nH]ccc3c2)c2c(N)ncnc21)OC. The highest BCUT2D eigenvalue weighted by Gasteiger charge is 2.19. The molecule has 9 heteroatoms. The van der Waals surface area contributed by atoms with Crippen LogP contribution in [0.2, 0.25) is 0 Å². The lowest BCUT2D eigenvalue weighted by Gasteiger charge is -2.13. The van der Waals surface area contributed by atoms with E-state index in [4.69, 9.17) is 15.2 Å². The average Bonchev–Trinajstić information content (AvgIpc) is 3.24. The lowest BCUT2D eigenvalue weighted by molar-refractivity contribution is -0.111. The van der Waals surface area contributed by atoms with Crippen LogP contribution in [0.5, 0.6) is 0 Å². The number of rotatable bonds is 5. The molecule has 25 heavy (non-hydrogen) atoms. The Morgan fingerprint density at radius 1 is 1.24 bits per heavy atom. The molecule has 0 aliphatic rings.